The number of unbranched alkanes of at least 4 members (excludes halogenated alkanes) is 1. The van der Waals surface area contributed by atoms with Crippen molar-refractivity contribution in [3.63, 3.8) is 0 Å². The van der Waals surface area contributed by atoms with E-state index in [9.17, 15) is 13.2 Å². The lowest BCUT2D eigenvalue weighted by atomic mass is 10.1. The van der Waals surface area contributed by atoms with Crippen LogP contribution in [-0.2, 0) is 6.42 Å². The van der Waals surface area contributed by atoms with Crippen LogP contribution in [0, 0.1) is 0 Å². The number of benzene rings is 2. The molecule has 0 saturated carbocycles. The summed E-state index contributed by atoms with van der Waals surface area (Å²) in [6.07, 6.45) is -2.05. The molecule has 0 spiro atoms. The maximum absolute atomic E-state index is 12.0. The van der Waals surface area contributed by atoms with Gasteiger partial charge in [-0.25, -0.2) is 0 Å². The number of hydrogen-bond acceptors (Lipinski definition) is 2. The number of alkyl halides is 3. The summed E-state index contributed by atoms with van der Waals surface area (Å²) >= 11 is 0. The molecule has 2 aromatic carbocycles. The summed E-state index contributed by atoms with van der Waals surface area (Å²) < 4.78 is 45.5. The number of hydrogen-bond donors (Lipinski definition) is 0. The smallest absolute Gasteiger partial charge is 0.494 e. The molecule has 0 N–H and O–H groups in total. The first-order chi connectivity index (χ1) is 10.5. The van der Waals surface area contributed by atoms with E-state index in [2.05, 4.69) is 4.74 Å². The minimum Gasteiger partial charge on any atom is -0.494 e. The van der Waals surface area contributed by atoms with E-state index in [1.54, 1.807) is 12.1 Å². The molecule has 2 rings (SSSR count). The monoisotopic (exact) mass is 310 g/mol. The molecule has 2 aromatic rings. The number of halogens is 3. The molecule has 0 saturated heterocycles. The average Bonchev–Trinajstić information content (AvgIpc) is 2.48. The maximum Gasteiger partial charge on any atom is 0.573 e. The highest BCUT2D eigenvalue weighted by Gasteiger charge is 2.30. The molecule has 0 heterocycles. The van der Waals surface area contributed by atoms with Gasteiger partial charge in [0.1, 0.15) is 11.5 Å². The van der Waals surface area contributed by atoms with Gasteiger partial charge >= 0.3 is 6.36 Å². The summed E-state index contributed by atoms with van der Waals surface area (Å²) in [5.74, 6) is 0.653. The molecule has 0 amide bonds. The summed E-state index contributed by atoms with van der Waals surface area (Å²) in [7, 11) is 0. The molecule has 0 aliphatic heterocycles. The van der Waals surface area contributed by atoms with Crippen molar-refractivity contribution in [3.05, 3.63) is 60.2 Å². The van der Waals surface area contributed by atoms with E-state index >= 15 is 0 Å². The Kier molecular flexibility index (Phi) is 5.69. The second kappa shape index (κ2) is 7.73. The standard InChI is InChI=1S/C17H17F3O2/c18-17(19,20)22-16-11-9-14(10-12-16)6-4-5-13-21-15-7-2-1-3-8-15/h1-3,7-12H,4-6,13H2. The minimum absolute atomic E-state index is 0.191. The van der Waals surface area contributed by atoms with Crippen LogP contribution in [0.4, 0.5) is 13.2 Å². The van der Waals surface area contributed by atoms with E-state index < -0.39 is 6.36 Å². The minimum atomic E-state index is -4.64. The lowest BCUT2D eigenvalue weighted by molar-refractivity contribution is -0.274. The van der Waals surface area contributed by atoms with Crippen LogP contribution in [0.2, 0.25) is 0 Å². The fourth-order valence-electron chi connectivity index (χ4n) is 2.00. The van der Waals surface area contributed by atoms with Crippen LogP contribution in [0.25, 0.3) is 0 Å². The Morgan fingerprint density at radius 2 is 1.45 bits per heavy atom. The maximum atomic E-state index is 12.0. The average molecular weight is 310 g/mol. The van der Waals surface area contributed by atoms with Crippen molar-refractivity contribution in [3.8, 4) is 11.5 Å². The molecular weight excluding hydrogens is 293 g/mol. The van der Waals surface area contributed by atoms with Gasteiger partial charge in [0.2, 0.25) is 0 Å². The zero-order valence-electron chi connectivity index (χ0n) is 12.0. The Bertz CT molecular complexity index is 550. The Morgan fingerprint density at radius 1 is 0.773 bits per heavy atom. The zero-order chi connectivity index (χ0) is 15.8. The van der Waals surface area contributed by atoms with Crippen LogP contribution in [0.15, 0.2) is 54.6 Å². The Labute approximate surface area is 127 Å². The van der Waals surface area contributed by atoms with Crippen LogP contribution in [0.5, 0.6) is 11.5 Å². The first-order valence-electron chi connectivity index (χ1n) is 7.05. The number of rotatable bonds is 7. The first-order valence-corrected chi connectivity index (χ1v) is 7.05. The Hall–Kier alpha value is -2.17. The molecule has 0 atom stereocenters. The third kappa shape index (κ3) is 6.08. The van der Waals surface area contributed by atoms with E-state index in [1.807, 2.05) is 30.3 Å². The molecule has 0 fully saturated rings. The van der Waals surface area contributed by atoms with Crippen molar-refractivity contribution in [1.82, 2.24) is 0 Å². The molecular formula is C17H17F3O2. The van der Waals surface area contributed by atoms with Gasteiger partial charge in [0.25, 0.3) is 0 Å². The van der Waals surface area contributed by atoms with Gasteiger partial charge in [-0.1, -0.05) is 30.3 Å². The van der Waals surface area contributed by atoms with E-state index in [0.29, 0.717) is 6.61 Å². The quantitative estimate of drug-likeness (QED) is 0.671. The van der Waals surface area contributed by atoms with Crippen molar-refractivity contribution in [2.24, 2.45) is 0 Å². The lowest BCUT2D eigenvalue weighted by Gasteiger charge is -2.09. The van der Waals surface area contributed by atoms with E-state index in [1.165, 1.54) is 12.1 Å². The first kappa shape index (κ1) is 16.2. The van der Waals surface area contributed by atoms with Gasteiger partial charge in [-0.3, -0.25) is 0 Å². The molecule has 0 bridgehead atoms. The molecule has 2 nitrogen and oxygen atoms in total. The van der Waals surface area contributed by atoms with Gasteiger partial charge in [0.15, 0.2) is 0 Å². The van der Waals surface area contributed by atoms with Crippen molar-refractivity contribution < 1.29 is 22.6 Å². The van der Waals surface area contributed by atoms with E-state index in [-0.39, 0.29) is 5.75 Å². The summed E-state index contributed by atoms with van der Waals surface area (Å²) in [5.41, 5.74) is 0.981. The molecule has 5 heteroatoms. The molecule has 22 heavy (non-hydrogen) atoms. The van der Waals surface area contributed by atoms with E-state index in [0.717, 1.165) is 30.6 Å². The topological polar surface area (TPSA) is 18.5 Å². The number of aryl methyl sites for hydroxylation is 1. The van der Waals surface area contributed by atoms with Crippen LogP contribution in [0.3, 0.4) is 0 Å². The van der Waals surface area contributed by atoms with Crippen molar-refractivity contribution in [1.29, 1.82) is 0 Å². The van der Waals surface area contributed by atoms with Gasteiger partial charge in [0.05, 0.1) is 6.61 Å². The highest BCUT2D eigenvalue weighted by molar-refractivity contribution is 5.27. The third-order valence-corrected chi connectivity index (χ3v) is 3.03. The Morgan fingerprint density at radius 3 is 2.09 bits per heavy atom. The predicted octanol–water partition coefficient (Wildman–Crippen LogP) is 4.99. The van der Waals surface area contributed by atoms with Crippen LogP contribution >= 0.6 is 0 Å². The molecule has 118 valence electrons. The van der Waals surface area contributed by atoms with Crippen molar-refractivity contribution in [2.75, 3.05) is 6.61 Å². The summed E-state index contributed by atoms with van der Waals surface area (Å²) in [6.45, 7) is 0.624. The summed E-state index contributed by atoms with van der Waals surface area (Å²) in [5, 5.41) is 0. The second-order valence-corrected chi connectivity index (χ2v) is 4.81. The lowest BCUT2D eigenvalue weighted by Crippen LogP contribution is -2.17. The van der Waals surface area contributed by atoms with Gasteiger partial charge in [0, 0.05) is 0 Å². The largest absolute Gasteiger partial charge is 0.573 e. The van der Waals surface area contributed by atoms with Gasteiger partial charge in [-0.05, 0) is 49.1 Å². The van der Waals surface area contributed by atoms with Crippen LogP contribution in [-0.4, -0.2) is 13.0 Å². The highest BCUT2D eigenvalue weighted by Crippen LogP contribution is 2.23. The fraction of sp³-hybridized carbons (Fsp3) is 0.294. The predicted molar refractivity (Wildman–Crippen MR) is 78.0 cm³/mol. The van der Waals surface area contributed by atoms with E-state index in [4.69, 9.17) is 4.74 Å². The molecule has 0 unspecified atom stereocenters. The summed E-state index contributed by atoms with van der Waals surface area (Å²) in [6, 6.07) is 15.5. The third-order valence-electron chi connectivity index (χ3n) is 3.03. The molecule has 0 radical (unpaired) electrons. The Balaban J connectivity index is 1.67. The van der Waals surface area contributed by atoms with Crippen LogP contribution < -0.4 is 9.47 Å². The van der Waals surface area contributed by atoms with Crippen molar-refractivity contribution in [2.45, 2.75) is 25.6 Å². The zero-order valence-corrected chi connectivity index (χ0v) is 12.0. The van der Waals surface area contributed by atoms with Gasteiger partial charge in [-0.2, -0.15) is 0 Å². The van der Waals surface area contributed by atoms with Gasteiger partial charge in [-0.15, -0.1) is 13.2 Å². The molecule has 0 aliphatic carbocycles. The van der Waals surface area contributed by atoms with Gasteiger partial charge < -0.3 is 9.47 Å². The molecule has 0 aliphatic rings. The van der Waals surface area contributed by atoms with Crippen LogP contribution in [0.1, 0.15) is 18.4 Å². The number of para-hydroxylation sites is 1. The number of ether oxygens (including phenoxy) is 2. The summed E-state index contributed by atoms with van der Waals surface area (Å²) in [4.78, 5) is 0. The normalized spacial score (nSPS) is 11.2. The molecule has 0 aromatic heterocycles. The second-order valence-electron chi connectivity index (χ2n) is 4.81. The fourth-order valence-corrected chi connectivity index (χ4v) is 2.00. The van der Waals surface area contributed by atoms with Crippen molar-refractivity contribution >= 4 is 0 Å². The SMILES string of the molecule is FC(F)(F)Oc1ccc(CCCCOc2ccccc2)cc1. The highest BCUT2D eigenvalue weighted by atomic mass is 19.4.